The van der Waals surface area contributed by atoms with E-state index in [4.69, 9.17) is 15.3 Å². The molecule has 5 nitrogen and oxygen atoms in total. The molecule has 3 N–H and O–H groups in total. The molecule has 1 aromatic carbocycles. The van der Waals surface area contributed by atoms with Gasteiger partial charge in [-0.2, -0.15) is 0 Å². The molecule has 0 saturated carbocycles. The first kappa shape index (κ1) is 13.0. The van der Waals surface area contributed by atoms with Crippen molar-refractivity contribution in [3.05, 3.63) is 47.4 Å². The van der Waals surface area contributed by atoms with Crippen LogP contribution in [-0.4, -0.2) is 18.1 Å². The Morgan fingerprint density at radius 1 is 1.37 bits per heavy atom. The Hall–Kier alpha value is -2.43. The minimum Gasteiger partial charge on any atom is -0.478 e. The Balaban J connectivity index is 2.21. The molecule has 5 heteroatoms. The van der Waals surface area contributed by atoms with E-state index in [-0.39, 0.29) is 11.3 Å². The number of anilines is 2. The minimum atomic E-state index is -1.03. The lowest BCUT2D eigenvalue weighted by molar-refractivity contribution is 0.0698. The van der Waals surface area contributed by atoms with Gasteiger partial charge in [0.05, 0.1) is 12.1 Å². The van der Waals surface area contributed by atoms with E-state index in [1.807, 2.05) is 31.0 Å². The number of aryl methyl sites for hydroxylation is 1. The zero-order valence-corrected chi connectivity index (χ0v) is 10.9. The molecule has 19 heavy (non-hydrogen) atoms. The van der Waals surface area contributed by atoms with Crippen molar-refractivity contribution in [1.82, 2.24) is 0 Å². The van der Waals surface area contributed by atoms with E-state index < -0.39 is 5.97 Å². The first-order valence-corrected chi connectivity index (χ1v) is 5.86. The molecule has 0 saturated heterocycles. The van der Waals surface area contributed by atoms with Gasteiger partial charge in [-0.15, -0.1) is 0 Å². The third-order valence-electron chi connectivity index (χ3n) is 2.90. The van der Waals surface area contributed by atoms with Crippen molar-refractivity contribution in [3.8, 4) is 0 Å². The van der Waals surface area contributed by atoms with Gasteiger partial charge in [-0.1, -0.05) is 0 Å². The lowest BCUT2D eigenvalue weighted by atomic mass is 10.1. The highest BCUT2D eigenvalue weighted by Crippen LogP contribution is 2.22. The third kappa shape index (κ3) is 2.88. The lowest BCUT2D eigenvalue weighted by Gasteiger charge is -2.18. The standard InChI is InChI=1S/C14H16N2O3/c1-9-3-5-11(19-9)8-16(2)10-4-6-13(15)12(7-10)14(17)18/h3-7H,8,15H2,1-2H3,(H,17,18). The topological polar surface area (TPSA) is 79.7 Å². The summed E-state index contributed by atoms with van der Waals surface area (Å²) in [5, 5.41) is 9.05. The predicted molar refractivity (Wildman–Crippen MR) is 73.4 cm³/mol. The summed E-state index contributed by atoms with van der Waals surface area (Å²) in [5.74, 6) is 0.655. The molecule has 2 aromatic rings. The van der Waals surface area contributed by atoms with Gasteiger partial charge in [-0.3, -0.25) is 0 Å². The van der Waals surface area contributed by atoms with Crippen LogP contribution in [0.2, 0.25) is 0 Å². The van der Waals surface area contributed by atoms with Crippen LogP contribution in [0.4, 0.5) is 11.4 Å². The zero-order valence-electron chi connectivity index (χ0n) is 10.9. The van der Waals surface area contributed by atoms with Crippen LogP contribution in [0.3, 0.4) is 0 Å². The van der Waals surface area contributed by atoms with E-state index >= 15 is 0 Å². The van der Waals surface area contributed by atoms with E-state index in [2.05, 4.69) is 0 Å². The first-order valence-electron chi connectivity index (χ1n) is 5.86. The maximum atomic E-state index is 11.0. The van der Waals surface area contributed by atoms with Crippen LogP contribution in [0.5, 0.6) is 0 Å². The van der Waals surface area contributed by atoms with Gasteiger partial charge in [0.25, 0.3) is 0 Å². The molecule has 1 heterocycles. The monoisotopic (exact) mass is 260 g/mol. The summed E-state index contributed by atoms with van der Waals surface area (Å²) in [4.78, 5) is 12.9. The van der Waals surface area contributed by atoms with Gasteiger partial charge in [0.1, 0.15) is 11.5 Å². The van der Waals surface area contributed by atoms with Gasteiger partial charge in [0.15, 0.2) is 0 Å². The van der Waals surface area contributed by atoms with Crippen molar-refractivity contribution in [2.45, 2.75) is 13.5 Å². The molecule has 0 amide bonds. The van der Waals surface area contributed by atoms with Crippen LogP contribution >= 0.6 is 0 Å². The minimum absolute atomic E-state index is 0.111. The Bertz CT molecular complexity index is 604. The third-order valence-corrected chi connectivity index (χ3v) is 2.90. The Kier molecular flexibility index (Phi) is 3.46. The number of nitrogens with zero attached hydrogens (tertiary/aromatic N) is 1. The van der Waals surface area contributed by atoms with Crippen LogP contribution in [0.1, 0.15) is 21.9 Å². The second-order valence-electron chi connectivity index (χ2n) is 4.45. The van der Waals surface area contributed by atoms with E-state index in [0.717, 1.165) is 17.2 Å². The van der Waals surface area contributed by atoms with Crippen LogP contribution < -0.4 is 10.6 Å². The van der Waals surface area contributed by atoms with E-state index in [9.17, 15) is 4.79 Å². The smallest absolute Gasteiger partial charge is 0.337 e. The highest BCUT2D eigenvalue weighted by molar-refractivity contribution is 5.94. The lowest BCUT2D eigenvalue weighted by Crippen LogP contribution is -2.16. The quantitative estimate of drug-likeness (QED) is 0.826. The molecule has 100 valence electrons. The molecule has 0 aliphatic heterocycles. The summed E-state index contributed by atoms with van der Waals surface area (Å²) in [6, 6.07) is 8.75. The number of rotatable bonds is 4. The molecule has 0 spiro atoms. The second kappa shape index (κ2) is 5.06. The Labute approximate surface area is 111 Å². The molecule has 0 aliphatic rings. The van der Waals surface area contributed by atoms with Crippen LogP contribution in [0, 0.1) is 6.92 Å². The molecule has 0 unspecified atom stereocenters. The fourth-order valence-corrected chi connectivity index (χ4v) is 1.86. The molecule has 0 atom stereocenters. The molecule has 2 rings (SSSR count). The number of hydrogen-bond donors (Lipinski definition) is 2. The summed E-state index contributed by atoms with van der Waals surface area (Å²) in [7, 11) is 1.87. The molecule has 0 fully saturated rings. The molecule has 0 aliphatic carbocycles. The van der Waals surface area contributed by atoms with Crippen LogP contribution in [0.15, 0.2) is 34.7 Å². The first-order chi connectivity index (χ1) is 8.97. The number of nitrogen functional groups attached to an aromatic ring is 1. The number of carbonyl (C=O) groups is 1. The Morgan fingerprint density at radius 2 is 2.11 bits per heavy atom. The van der Waals surface area contributed by atoms with Crippen molar-refractivity contribution < 1.29 is 14.3 Å². The summed E-state index contributed by atoms with van der Waals surface area (Å²) < 4.78 is 5.49. The molecule has 0 bridgehead atoms. The van der Waals surface area contributed by atoms with Crippen molar-refractivity contribution in [2.24, 2.45) is 0 Å². The van der Waals surface area contributed by atoms with Gasteiger partial charge in [-0.05, 0) is 37.3 Å². The van der Waals surface area contributed by atoms with Crippen molar-refractivity contribution >= 4 is 17.3 Å². The highest BCUT2D eigenvalue weighted by atomic mass is 16.4. The average molecular weight is 260 g/mol. The molecule has 1 aromatic heterocycles. The highest BCUT2D eigenvalue weighted by Gasteiger charge is 2.11. The Morgan fingerprint density at radius 3 is 2.68 bits per heavy atom. The molecule has 0 radical (unpaired) electrons. The zero-order chi connectivity index (χ0) is 14.0. The van der Waals surface area contributed by atoms with E-state index in [0.29, 0.717) is 6.54 Å². The van der Waals surface area contributed by atoms with Crippen molar-refractivity contribution in [2.75, 3.05) is 17.7 Å². The number of aromatic carboxylic acids is 1. The van der Waals surface area contributed by atoms with Crippen molar-refractivity contribution in [3.63, 3.8) is 0 Å². The molecular formula is C14H16N2O3. The number of benzene rings is 1. The van der Waals surface area contributed by atoms with Crippen LogP contribution in [0.25, 0.3) is 0 Å². The maximum Gasteiger partial charge on any atom is 0.337 e. The van der Waals surface area contributed by atoms with Gasteiger partial charge in [0.2, 0.25) is 0 Å². The van der Waals surface area contributed by atoms with Crippen LogP contribution in [-0.2, 0) is 6.54 Å². The number of hydrogen-bond acceptors (Lipinski definition) is 4. The maximum absolute atomic E-state index is 11.0. The number of furan rings is 1. The summed E-state index contributed by atoms with van der Waals surface area (Å²) in [6.45, 7) is 2.45. The number of nitrogens with two attached hydrogens (primary N) is 1. The summed E-state index contributed by atoms with van der Waals surface area (Å²) >= 11 is 0. The van der Waals surface area contributed by atoms with Gasteiger partial charge >= 0.3 is 5.97 Å². The van der Waals surface area contributed by atoms with Gasteiger partial charge in [-0.25, -0.2) is 4.79 Å². The largest absolute Gasteiger partial charge is 0.478 e. The molecular weight excluding hydrogens is 244 g/mol. The normalized spacial score (nSPS) is 10.4. The van der Waals surface area contributed by atoms with Crippen molar-refractivity contribution in [1.29, 1.82) is 0 Å². The van der Waals surface area contributed by atoms with Gasteiger partial charge in [0, 0.05) is 18.4 Å². The fourth-order valence-electron chi connectivity index (χ4n) is 1.86. The SMILES string of the molecule is Cc1ccc(CN(C)c2ccc(N)c(C(=O)O)c2)o1. The summed E-state index contributed by atoms with van der Waals surface area (Å²) in [5.41, 5.74) is 6.78. The predicted octanol–water partition coefficient (Wildman–Crippen LogP) is 2.50. The van der Waals surface area contributed by atoms with E-state index in [1.165, 1.54) is 0 Å². The van der Waals surface area contributed by atoms with Gasteiger partial charge < -0.3 is 20.2 Å². The number of carboxylic acids is 1. The average Bonchev–Trinajstić information content (AvgIpc) is 2.74. The number of carboxylic acid groups (broad SMARTS) is 1. The summed E-state index contributed by atoms with van der Waals surface area (Å²) in [6.07, 6.45) is 0. The fraction of sp³-hybridized carbons (Fsp3) is 0.214. The second-order valence-corrected chi connectivity index (χ2v) is 4.45. The van der Waals surface area contributed by atoms with E-state index in [1.54, 1.807) is 18.2 Å².